The van der Waals surface area contributed by atoms with Crippen molar-refractivity contribution in [3.05, 3.63) is 18.5 Å². The van der Waals surface area contributed by atoms with Crippen LogP contribution in [0.2, 0.25) is 0 Å². The number of halogens is 3. The van der Waals surface area contributed by atoms with Crippen LogP contribution in [0.1, 0.15) is 0 Å². The summed E-state index contributed by atoms with van der Waals surface area (Å²) in [5.74, 6) is -0.533. The number of nitrogens with zero attached hydrogens (tertiary/aromatic N) is 1. The second-order valence-electron chi connectivity index (χ2n) is 3.01. The lowest BCUT2D eigenvalue weighted by Gasteiger charge is -2.08. The quantitative estimate of drug-likeness (QED) is 0.875. The van der Waals surface area contributed by atoms with Gasteiger partial charge < -0.3 is 9.72 Å². The van der Waals surface area contributed by atoms with Gasteiger partial charge in [0.1, 0.15) is 11.3 Å². The number of hydrogen-bond acceptors (Lipinski definition) is 4. The summed E-state index contributed by atoms with van der Waals surface area (Å²) in [6.07, 6.45) is 1.22. The highest BCUT2D eigenvalue weighted by atomic mass is 35.7. The molecule has 92 valence electrons. The first kappa shape index (κ1) is 12.1. The van der Waals surface area contributed by atoms with Crippen LogP contribution in [0.15, 0.2) is 23.4 Å². The zero-order chi connectivity index (χ0) is 12.6. The third-order valence-corrected chi connectivity index (χ3v) is 3.31. The average molecular weight is 283 g/mol. The molecule has 0 saturated carbocycles. The van der Waals surface area contributed by atoms with Gasteiger partial charge in [0.05, 0.1) is 11.8 Å². The third kappa shape index (κ3) is 2.32. The van der Waals surface area contributed by atoms with Crippen LogP contribution in [-0.4, -0.2) is 25.0 Å². The van der Waals surface area contributed by atoms with Crippen molar-refractivity contribution >= 4 is 30.8 Å². The number of aromatic amines is 1. The average Bonchev–Trinajstić information content (AvgIpc) is 2.61. The smallest absolute Gasteiger partial charge is 0.387 e. The van der Waals surface area contributed by atoms with Gasteiger partial charge in [0.2, 0.25) is 0 Å². The monoisotopic (exact) mass is 282 g/mol. The van der Waals surface area contributed by atoms with Gasteiger partial charge in [0.15, 0.2) is 4.90 Å². The molecule has 1 heterocycles. The Kier molecular flexibility index (Phi) is 2.92. The number of alkyl halides is 2. The Hall–Kier alpha value is -1.41. The molecule has 0 radical (unpaired) electrons. The van der Waals surface area contributed by atoms with Crippen LogP contribution in [0, 0.1) is 0 Å². The first-order chi connectivity index (χ1) is 7.89. The van der Waals surface area contributed by atoms with Crippen LogP contribution < -0.4 is 4.74 Å². The van der Waals surface area contributed by atoms with Crippen molar-refractivity contribution in [2.24, 2.45) is 0 Å². The molecule has 9 heteroatoms. The van der Waals surface area contributed by atoms with E-state index in [9.17, 15) is 17.2 Å². The van der Waals surface area contributed by atoms with Crippen molar-refractivity contribution in [2.45, 2.75) is 11.5 Å². The van der Waals surface area contributed by atoms with Gasteiger partial charge >= 0.3 is 6.61 Å². The van der Waals surface area contributed by atoms with Crippen LogP contribution in [0.25, 0.3) is 11.0 Å². The first-order valence-electron chi connectivity index (χ1n) is 4.25. The Bertz CT molecular complexity index is 656. The molecule has 5 nitrogen and oxygen atoms in total. The minimum absolute atomic E-state index is 0.0434. The molecule has 0 spiro atoms. The zero-order valence-electron chi connectivity index (χ0n) is 8.02. The number of H-pyrrole nitrogens is 1. The summed E-state index contributed by atoms with van der Waals surface area (Å²) >= 11 is 0. The Morgan fingerprint density at radius 2 is 2.12 bits per heavy atom. The normalized spacial score (nSPS) is 12.2. The second kappa shape index (κ2) is 4.11. The molecular weight excluding hydrogens is 278 g/mol. The molecule has 0 aliphatic rings. The maximum absolute atomic E-state index is 12.1. The van der Waals surface area contributed by atoms with Crippen molar-refractivity contribution in [1.82, 2.24) is 9.97 Å². The van der Waals surface area contributed by atoms with Crippen molar-refractivity contribution < 1.29 is 21.9 Å². The van der Waals surface area contributed by atoms with Crippen LogP contribution in [0.3, 0.4) is 0 Å². The Morgan fingerprint density at radius 1 is 1.41 bits per heavy atom. The van der Waals surface area contributed by atoms with E-state index in [2.05, 4.69) is 14.7 Å². The minimum atomic E-state index is -4.24. The van der Waals surface area contributed by atoms with Crippen molar-refractivity contribution in [3.8, 4) is 5.75 Å². The zero-order valence-corrected chi connectivity index (χ0v) is 9.60. The van der Waals surface area contributed by atoms with Crippen LogP contribution >= 0.6 is 10.7 Å². The molecule has 0 aliphatic heterocycles. The molecular formula is C8H5ClF2N2O3S. The van der Waals surface area contributed by atoms with Gasteiger partial charge in [-0.05, 0) is 12.1 Å². The van der Waals surface area contributed by atoms with Gasteiger partial charge in [-0.3, -0.25) is 0 Å². The highest BCUT2D eigenvalue weighted by Crippen LogP contribution is 2.33. The van der Waals surface area contributed by atoms with Crippen molar-refractivity contribution in [3.63, 3.8) is 0 Å². The van der Waals surface area contributed by atoms with E-state index in [1.165, 1.54) is 12.4 Å². The summed E-state index contributed by atoms with van der Waals surface area (Å²) in [7, 11) is 0.932. The summed E-state index contributed by atoms with van der Waals surface area (Å²) in [6, 6.07) is 2.45. The molecule has 0 saturated heterocycles. The second-order valence-corrected chi connectivity index (χ2v) is 5.51. The number of hydrogen-bond donors (Lipinski definition) is 1. The van der Waals surface area contributed by atoms with Crippen molar-refractivity contribution in [1.29, 1.82) is 0 Å². The van der Waals surface area contributed by atoms with Crippen LogP contribution in [0.5, 0.6) is 5.75 Å². The predicted octanol–water partition coefficient (Wildman–Crippen LogP) is 2.09. The molecule has 2 aromatic rings. The molecule has 1 aromatic carbocycles. The predicted molar refractivity (Wildman–Crippen MR) is 55.8 cm³/mol. The van der Waals surface area contributed by atoms with Gasteiger partial charge in [0.25, 0.3) is 9.05 Å². The van der Waals surface area contributed by atoms with Gasteiger partial charge in [0, 0.05) is 10.7 Å². The summed E-state index contributed by atoms with van der Waals surface area (Å²) in [5, 5.41) is 0. The van der Waals surface area contributed by atoms with Gasteiger partial charge in [-0.15, -0.1) is 0 Å². The number of benzene rings is 1. The van der Waals surface area contributed by atoms with Gasteiger partial charge in [-0.25, -0.2) is 13.4 Å². The summed E-state index contributed by atoms with van der Waals surface area (Å²) in [5.41, 5.74) is 0.309. The number of aromatic nitrogens is 2. The maximum atomic E-state index is 12.1. The molecule has 0 unspecified atom stereocenters. The Balaban J connectivity index is 2.75. The lowest BCUT2D eigenvalue weighted by molar-refractivity contribution is -0.0515. The molecule has 17 heavy (non-hydrogen) atoms. The summed E-state index contributed by atoms with van der Waals surface area (Å²) in [4.78, 5) is 5.77. The highest BCUT2D eigenvalue weighted by Gasteiger charge is 2.24. The molecule has 1 N–H and O–H groups in total. The molecule has 0 fully saturated rings. The molecule has 1 aromatic heterocycles. The third-order valence-electron chi connectivity index (χ3n) is 1.97. The summed E-state index contributed by atoms with van der Waals surface area (Å²) in [6.45, 7) is -3.15. The highest BCUT2D eigenvalue weighted by molar-refractivity contribution is 8.14. The van der Waals surface area contributed by atoms with E-state index in [0.29, 0.717) is 5.52 Å². The molecule has 0 bridgehead atoms. The van der Waals surface area contributed by atoms with Gasteiger partial charge in [-0.1, -0.05) is 0 Å². The fourth-order valence-corrected chi connectivity index (χ4v) is 2.59. The lowest BCUT2D eigenvalue weighted by Crippen LogP contribution is -2.06. The Morgan fingerprint density at radius 3 is 2.71 bits per heavy atom. The van der Waals surface area contributed by atoms with Crippen LogP contribution in [0.4, 0.5) is 8.78 Å². The topological polar surface area (TPSA) is 72.1 Å². The van der Waals surface area contributed by atoms with E-state index >= 15 is 0 Å². The number of imidazole rings is 1. The van der Waals surface area contributed by atoms with Crippen LogP contribution in [-0.2, 0) is 9.05 Å². The van der Waals surface area contributed by atoms with Crippen molar-refractivity contribution in [2.75, 3.05) is 0 Å². The molecule has 0 aliphatic carbocycles. The van der Waals surface area contributed by atoms with Gasteiger partial charge in [-0.2, -0.15) is 8.78 Å². The molecule has 0 amide bonds. The van der Waals surface area contributed by atoms with E-state index in [1.54, 1.807) is 0 Å². The fraction of sp³-hybridized carbons (Fsp3) is 0.125. The first-order valence-corrected chi connectivity index (χ1v) is 6.56. The summed E-state index contributed by atoms with van der Waals surface area (Å²) < 4.78 is 51.0. The number of fused-ring (bicyclic) bond motifs is 1. The Labute approximate surface area is 98.8 Å². The van der Waals surface area contributed by atoms with E-state index in [4.69, 9.17) is 10.7 Å². The standard InChI is InChI=1S/C8H5ClF2N2O3S/c9-17(14,15)7-5(16-8(10)11)2-1-4-6(7)13-3-12-4/h1-3,8H,(H,12,13). The maximum Gasteiger partial charge on any atom is 0.387 e. The van der Waals surface area contributed by atoms with E-state index in [0.717, 1.165) is 6.07 Å². The van der Waals surface area contributed by atoms with E-state index < -0.39 is 26.3 Å². The fourth-order valence-electron chi connectivity index (χ4n) is 1.39. The molecule has 2 rings (SSSR count). The largest absolute Gasteiger partial charge is 0.433 e. The number of nitrogens with one attached hydrogen (secondary N) is 1. The molecule has 0 atom stereocenters. The SMILES string of the molecule is O=S(=O)(Cl)c1c(OC(F)F)ccc2[nH]cnc12. The number of rotatable bonds is 3. The minimum Gasteiger partial charge on any atom is -0.433 e. The van der Waals surface area contributed by atoms with E-state index in [1.807, 2.05) is 0 Å². The lowest BCUT2D eigenvalue weighted by atomic mass is 10.3. The van der Waals surface area contributed by atoms with E-state index in [-0.39, 0.29) is 5.52 Å². The number of ether oxygens (including phenoxy) is 1.